The second-order valence-electron chi connectivity index (χ2n) is 5.74. The smallest absolute Gasteiger partial charge is 0.258 e. The molecule has 1 saturated carbocycles. The molecule has 3 N–H and O–H groups in total. The van der Waals surface area contributed by atoms with Crippen LogP contribution < -0.4 is 15.8 Å². The molecule has 22 heavy (non-hydrogen) atoms. The first-order chi connectivity index (χ1) is 10.2. The van der Waals surface area contributed by atoms with E-state index in [4.69, 9.17) is 10.5 Å². The summed E-state index contributed by atoms with van der Waals surface area (Å²) < 4.78 is 5.53. The van der Waals surface area contributed by atoms with Crippen LogP contribution in [0.2, 0.25) is 0 Å². The lowest BCUT2D eigenvalue weighted by Crippen LogP contribution is -2.46. The van der Waals surface area contributed by atoms with Gasteiger partial charge in [-0.05, 0) is 49.4 Å². The van der Waals surface area contributed by atoms with Crippen LogP contribution >= 0.6 is 12.4 Å². The average molecular weight is 327 g/mol. The van der Waals surface area contributed by atoms with Crippen molar-refractivity contribution in [1.29, 1.82) is 0 Å². The Bertz CT molecular complexity index is 450. The summed E-state index contributed by atoms with van der Waals surface area (Å²) in [7, 11) is 0. The molecule has 4 nitrogen and oxygen atoms in total. The summed E-state index contributed by atoms with van der Waals surface area (Å²) in [4.78, 5) is 12.0. The fourth-order valence-corrected chi connectivity index (χ4v) is 2.90. The third-order valence-corrected chi connectivity index (χ3v) is 4.26. The van der Waals surface area contributed by atoms with E-state index in [0.29, 0.717) is 12.5 Å². The quantitative estimate of drug-likeness (QED) is 0.844. The molecule has 1 aliphatic rings. The molecule has 0 bridgehead atoms. The van der Waals surface area contributed by atoms with Crippen LogP contribution in [0.1, 0.15) is 38.2 Å². The normalized spacial score (nSPS) is 20.8. The molecule has 0 aromatic heterocycles. The fraction of sp³-hybridized carbons (Fsp3) is 0.588. The van der Waals surface area contributed by atoms with Gasteiger partial charge in [0, 0.05) is 6.04 Å². The number of carbonyl (C=O) groups is 1. The summed E-state index contributed by atoms with van der Waals surface area (Å²) in [6.45, 7) is 2.82. The maximum atomic E-state index is 12.0. The van der Waals surface area contributed by atoms with Gasteiger partial charge in [-0.2, -0.15) is 0 Å². The van der Waals surface area contributed by atoms with Gasteiger partial charge in [0.1, 0.15) is 5.75 Å². The lowest BCUT2D eigenvalue weighted by atomic mass is 9.84. The van der Waals surface area contributed by atoms with Gasteiger partial charge in [-0.25, -0.2) is 0 Å². The standard InChI is InChI=1S/C17H26N2O2.ClH/c1-2-13-7-9-15(10-8-13)21-12-17(20)19-16-6-4-3-5-14(16)11-18;/h7-10,14,16H,2-6,11-12,18H2,1H3,(H,19,20);1H. The summed E-state index contributed by atoms with van der Waals surface area (Å²) in [6.07, 6.45) is 5.53. The van der Waals surface area contributed by atoms with Crippen LogP contribution in [0, 0.1) is 5.92 Å². The van der Waals surface area contributed by atoms with Crippen molar-refractivity contribution in [1.82, 2.24) is 5.32 Å². The Balaban J connectivity index is 0.00000242. The van der Waals surface area contributed by atoms with Gasteiger partial charge in [0.05, 0.1) is 0 Å². The van der Waals surface area contributed by atoms with E-state index >= 15 is 0 Å². The minimum atomic E-state index is -0.0556. The SMILES string of the molecule is CCc1ccc(OCC(=O)NC2CCCCC2CN)cc1.Cl. The maximum absolute atomic E-state index is 12.0. The van der Waals surface area contributed by atoms with Crippen molar-refractivity contribution < 1.29 is 9.53 Å². The van der Waals surface area contributed by atoms with Gasteiger partial charge in [-0.15, -0.1) is 12.4 Å². The van der Waals surface area contributed by atoms with E-state index in [9.17, 15) is 4.79 Å². The van der Waals surface area contributed by atoms with Crippen LogP contribution in [-0.4, -0.2) is 25.1 Å². The van der Waals surface area contributed by atoms with Gasteiger partial charge in [0.15, 0.2) is 6.61 Å². The predicted molar refractivity (Wildman–Crippen MR) is 91.5 cm³/mol. The average Bonchev–Trinajstić information content (AvgIpc) is 2.54. The van der Waals surface area contributed by atoms with E-state index in [0.717, 1.165) is 25.0 Å². The lowest BCUT2D eigenvalue weighted by molar-refractivity contribution is -0.124. The number of nitrogens with two attached hydrogens (primary N) is 1. The number of amides is 1. The summed E-state index contributed by atoms with van der Waals surface area (Å²) >= 11 is 0. The molecule has 1 aliphatic carbocycles. The molecule has 5 heteroatoms. The number of ether oxygens (including phenoxy) is 1. The summed E-state index contributed by atoms with van der Waals surface area (Å²) in [5.41, 5.74) is 7.04. The van der Waals surface area contributed by atoms with Crippen molar-refractivity contribution in [2.45, 2.75) is 45.1 Å². The molecule has 0 spiro atoms. The van der Waals surface area contributed by atoms with Crippen LogP contribution in [0.5, 0.6) is 5.75 Å². The molecule has 1 fully saturated rings. The zero-order valence-electron chi connectivity index (χ0n) is 13.2. The molecule has 0 aliphatic heterocycles. The Morgan fingerprint density at radius 2 is 1.95 bits per heavy atom. The van der Waals surface area contributed by atoms with E-state index in [1.165, 1.54) is 18.4 Å². The minimum Gasteiger partial charge on any atom is -0.484 e. The summed E-state index contributed by atoms with van der Waals surface area (Å²) in [5, 5.41) is 3.07. The highest BCUT2D eigenvalue weighted by Gasteiger charge is 2.25. The second-order valence-corrected chi connectivity index (χ2v) is 5.74. The number of halogens is 1. The van der Waals surface area contributed by atoms with Crippen molar-refractivity contribution in [3.63, 3.8) is 0 Å². The van der Waals surface area contributed by atoms with E-state index in [2.05, 4.69) is 12.2 Å². The third-order valence-electron chi connectivity index (χ3n) is 4.26. The van der Waals surface area contributed by atoms with Gasteiger partial charge >= 0.3 is 0 Å². The van der Waals surface area contributed by atoms with Crippen molar-refractivity contribution in [3.05, 3.63) is 29.8 Å². The highest BCUT2D eigenvalue weighted by molar-refractivity contribution is 5.85. The van der Waals surface area contributed by atoms with Gasteiger partial charge in [0.2, 0.25) is 0 Å². The van der Waals surface area contributed by atoms with Crippen LogP contribution in [-0.2, 0) is 11.2 Å². The fourth-order valence-electron chi connectivity index (χ4n) is 2.90. The number of aryl methyl sites for hydroxylation is 1. The van der Waals surface area contributed by atoms with Crippen LogP contribution in [0.15, 0.2) is 24.3 Å². The number of hydrogen-bond donors (Lipinski definition) is 2. The third kappa shape index (κ3) is 5.50. The van der Waals surface area contributed by atoms with E-state index < -0.39 is 0 Å². The van der Waals surface area contributed by atoms with Crippen molar-refractivity contribution in [3.8, 4) is 5.75 Å². The van der Waals surface area contributed by atoms with Gasteiger partial charge < -0.3 is 15.8 Å². The molecule has 2 atom stereocenters. The molecule has 124 valence electrons. The topological polar surface area (TPSA) is 64.3 Å². The molecule has 1 aromatic rings. The molecular formula is C17H27ClN2O2. The molecular weight excluding hydrogens is 300 g/mol. The first-order valence-corrected chi connectivity index (χ1v) is 7.94. The first-order valence-electron chi connectivity index (χ1n) is 7.94. The van der Waals surface area contributed by atoms with Crippen LogP contribution in [0.4, 0.5) is 0 Å². The highest BCUT2D eigenvalue weighted by Crippen LogP contribution is 2.23. The van der Waals surface area contributed by atoms with E-state index in [1.54, 1.807) is 0 Å². The monoisotopic (exact) mass is 326 g/mol. The molecule has 0 radical (unpaired) electrons. The van der Waals surface area contributed by atoms with E-state index in [1.807, 2.05) is 24.3 Å². The van der Waals surface area contributed by atoms with Crippen molar-refractivity contribution in [2.75, 3.05) is 13.2 Å². The van der Waals surface area contributed by atoms with E-state index in [-0.39, 0.29) is 31.0 Å². The second kappa shape index (κ2) is 9.70. The Morgan fingerprint density at radius 1 is 1.27 bits per heavy atom. The Kier molecular flexibility index (Phi) is 8.28. The molecule has 0 saturated heterocycles. The summed E-state index contributed by atoms with van der Waals surface area (Å²) in [6, 6.07) is 8.09. The summed E-state index contributed by atoms with van der Waals surface area (Å²) in [5.74, 6) is 1.09. The Morgan fingerprint density at radius 3 is 2.59 bits per heavy atom. The van der Waals surface area contributed by atoms with Crippen LogP contribution in [0.25, 0.3) is 0 Å². The maximum Gasteiger partial charge on any atom is 0.258 e. The largest absolute Gasteiger partial charge is 0.484 e. The zero-order valence-corrected chi connectivity index (χ0v) is 14.0. The van der Waals surface area contributed by atoms with Crippen LogP contribution in [0.3, 0.4) is 0 Å². The molecule has 2 unspecified atom stereocenters. The number of carbonyl (C=O) groups excluding carboxylic acids is 1. The molecule has 0 heterocycles. The highest BCUT2D eigenvalue weighted by atomic mass is 35.5. The predicted octanol–water partition coefficient (Wildman–Crippen LogP) is 2.68. The molecule has 1 aromatic carbocycles. The van der Waals surface area contributed by atoms with Gasteiger partial charge in [-0.1, -0.05) is 31.9 Å². The number of benzene rings is 1. The molecule has 2 rings (SSSR count). The van der Waals surface area contributed by atoms with Crippen molar-refractivity contribution in [2.24, 2.45) is 11.7 Å². The first kappa shape index (κ1) is 18.8. The number of hydrogen-bond acceptors (Lipinski definition) is 3. The van der Waals surface area contributed by atoms with Gasteiger partial charge in [0.25, 0.3) is 5.91 Å². The minimum absolute atomic E-state index is 0. The Hall–Kier alpha value is -1.26. The lowest BCUT2D eigenvalue weighted by Gasteiger charge is -2.31. The molecule has 1 amide bonds. The van der Waals surface area contributed by atoms with Gasteiger partial charge in [-0.3, -0.25) is 4.79 Å². The van der Waals surface area contributed by atoms with Crippen molar-refractivity contribution >= 4 is 18.3 Å². The zero-order chi connectivity index (χ0) is 15.1. The number of rotatable bonds is 6. The number of nitrogens with one attached hydrogen (secondary N) is 1. The Labute approximate surface area is 139 Å².